The van der Waals surface area contributed by atoms with Gasteiger partial charge in [-0.3, -0.25) is 4.21 Å². The van der Waals surface area contributed by atoms with Gasteiger partial charge >= 0.3 is 0 Å². The molecule has 0 bridgehead atoms. The Kier molecular flexibility index (Phi) is 5.10. The van der Waals surface area contributed by atoms with Gasteiger partial charge in [0.1, 0.15) is 0 Å². The van der Waals surface area contributed by atoms with Crippen LogP contribution >= 0.6 is 0 Å². The number of hydrogen-bond donors (Lipinski definition) is 1. The summed E-state index contributed by atoms with van der Waals surface area (Å²) in [6, 6.07) is 0.664. The molecule has 1 aliphatic carbocycles. The Morgan fingerprint density at radius 3 is 2.29 bits per heavy atom. The molecule has 0 spiro atoms. The van der Waals surface area contributed by atoms with Gasteiger partial charge in [0.15, 0.2) is 0 Å². The summed E-state index contributed by atoms with van der Waals surface area (Å²) in [6.45, 7) is 5.58. The third-order valence-corrected chi connectivity index (χ3v) is 3.78. The monoisotopic (exact) mass is 217 g/mol. The molecule has 0 saturated heterocycles. The molecule has 2 nitrogen and oxygen atoms in total. The first-order chi connectivity index (χ1) is 6.58. The fraction of sp³-hybridized carbons (Fsp3) is 1.00. The maximum atomic E-state index is 10.9. The minimum atomic E-state index is -0.650. The lowest BCUT2D eigenvalue weighted by Crippen LogP contribution is -2.38. The van der Waals surface area contributed by atoms with E-state index in [-0.39, 0.29) is 0 Å². The van der Waals surface area contributed by atoms with Gasteiger partial charge in [0.25, 0.3) is 0 Å². The van der Waals surface area contributed by atoms with Crippen LogP contribution in [0.5, 0.6) is 0 Å². The summed E-state index contributed by atoms with van der Waals surface area (Å²) in [4.78, 5) is 0. The zero-order valence-electron chi connectivity index (χ0n) is 9.58. The van der Waals surface area contributed by atoms with Crippen LogP contribution in [0.2, 0.25) is 0 Å². The second-order valence-electron chi connectivity index (χ2n) is 4.85. The molecule has 0 aliphatic heterocycles. The van der Waals surface area contributed by atoms with Crippen LogP contribution in [-0.4, -0.2) is 28.8 Å². The molecule has 0 amide bonds. The van der Waals surface area contributed by atoms with Crippen LogP contribution in [0, 0.1) is 11.8 Å². The molecule has 84 valence electrons. The second kappa shape index (κ2) is 5.86. The molecular weight excluding hydrogens is 194 g/mol. The number of nitrogens with one attached hydrogen (secondary N) is 1. The second-order valence-corrected chi connectivity index (χ2v) is 6.40. The standard InChI is InChI=1S/C11H23NOS/c1-9-6-10(2)8-11(7-9)12-4-5-14(3)13/h9-12H,4-8H2,1-3H3/t9-,10-,14+/m1/s1. The van der Waals surface area contributed by atoms with Gasteiger partial charge in [-0.25, -0.2) is 0 Å². The molecule has 0 aromatic heterocycles. The van der Waals surface area contributed by atoms with Crippen molar-refractivity contribution in [2.24, 2.45) is 11.8 Å². The van der Waals surface area contributed by atoms with E-state index in [1.54, 1.807) is 6.26 Å². The highest BCUT2D eigenvalue weighted by Gasteiger charge is 2.23. The zero-order valence-corrected chi connectivity index (χ0v) is 10.4. The molecule has 0 aromatic carbocycles. The smallest absolute Gasteiger partial charge is 0.0357 e. The molecule has 1 aliphatic rings. The molecule has 0 aromatic rings. The average Bonchev–Trinajstić information content (AvgIpc) is 2.01. The van der Waals surface area contributed by atoms with Gasteiger partial charge in [-0.15, -0.1) is 0 Å². The molecule has 1 fully saturated rings. The maximum Gasteiger partial charge on any atom is 0.0357 e. The lowest BCUT2D eigenvalue weighted by Gasteiger charge is -2.32. The van der Waals surface area contributed by atoms with E-state index in [9.17, 15) is 4.21 Å². The van der Waals surface area contributed by atoms with Crippen LogP contribution in [0.15, 0.2) is 0 Å². The molecule has 1 saturated carbocycles. The minimum Gasteiger partial charge on any atom is -0.313 e. The normalized spacial score (nSPS) is 35.5. The fourth-order valence-corrected chi connectivity index (χ4v) is 2.93. The van der Waals surface area contributed by atoms with Crippen LogP contribution in [0.3, 0.4) is 0 Å². The molecule has 0 heterocycles. The van der Waals surface area contributed by atoms with E-state index in [4.69, 9.17) is 0 Å². The van der Waals surface area contributed by atoms with Crippen LogP contribution in [0.4, 0.5) is 0 Å². The Balaban J connectivity index is 2.20. The fourth-order valence-electron chi connectivity index (χ4n) is 2.52. The summed E-state index contributed by atoms with van der Waals surface area (Å²) < 4.78 is 10.9. The predicted molar refractivity (Wildman–Crippen MR) is 62.9 cm³/mol. The molecule has 0 radical (unpaired) electrons. The molecule has 0 unspecified atom stereocenters. The first kappa shape index (κ1) is 12.2. The van der Waals surface area contributed by atoms with Gasteiger partial charge in [-0.2, -0.15) is 0 Å². The maximum absolute atomic E-state index is 10.9. The van der Waals surface area contributed by atoms with Crippen molar-refractivity contribution in [2.75, 3.05) is 18.6 Å². The highest BCUT2D eigenvalue weighted by atomic mass is 32.2. The van der Waals surface area contributed by atoms with Gasteiger partial charge in [0.05, 0.1) is 0 Å². The Morgan fingerprint density at radius 1 is 1.21 bits per heavy atom. The summed E-state index contributed by atoms with van der Waals surface area (Å²) in [7, 11) is -0.650. The van der Waals surface area contributed by atoms with E-state index in [0.717, 1.165) is 24.1 Å². The van der Waals surface area contributed by atoms with Crippen molar-refractivity contribution in [1.82, 2.24) is 5.32 Å². The van der Waals surface area contributed by atoms with Crippen LogP contribution < -0.4 is 5.32 Å². The average molecular weight is 217 g/mol. The predicted octanol–water partition coefficient (Wildman–Crippen LogP) is 1.78. The van der Waals surface area contributed by atoms with E-state index < -0.39 is 10.8 Å². The van der Waals surface area contributed by atoms with Crippen LogP contribution in [-0.2, 0) is 10.8 Å². The Bertz CT molecular complexity index is 186. The van der Waals surface area contributed by atoms with Crippen LogP contribution in [0.25, 0.3) is 0 Å². The summed E-state index contributed by atoms with van der Waals surface area (Å²) in [5.74, 6) is 2.49. The van der Waals surface area contributed by atoms with Crippen molar-refractivity contribution >= 4 is 10.8 Å². The highest BCUT2D eigenvalue weighted by molar-refractivity contribution is 7.84. The van der Waals surface area contributed by atoms with Crippen molar-refractivity contribution in [2.45, 2.75) is 39.2 Å². The Morgan fingerprint density at radius 2 is 1.79 bits per heavy atom. The van der Waals surface area contributed by atoms with E-state index in [0.29, 0.717) is 6.04 Å². The third kappa shape index (κ3) is 4.56. The van der Waals surface area contributed by atoms with Crippen molar-refractivity contribution in [3.63, 3.8) is 0 Å². The SMILES string of the molecule is C[C@H]1CC(NCC[S@](C)=O)C[C@H](C)C1. The van der Waals surface area contributed by atoms with Crippen molar-refractivity contribution in [3.05, 3.63) is 0 Å². The van der Waals surface area contributed by atoms with E-state index in [1.165, 1.54) is 19.3 Å². The van der Waals surface area contributed by atoms with E-state index in [2.05, 4.69) is 19.2 Å². The quantitative estimate of drug-likeness (QED) is 0.778. The third-order valence-electron chi connectivity index (χ3n) is 3.00. The van der Waals surface area contributed by atoms with Gasteiger partial charge < -0.3 is 5.32 Å². The van der Waals surface area contributed by atoms with Gasteiger partial charge in [0.2, 0.25) is 0 Å². The van der Waals surface area contributed by atoms with Crippen molar-refractivity contribution < 1.29 is 4.21 Å². The van der Waals surface area contributed by atoms with E-state index >= 15 is 0 Å². The summed E-state index contributed by atoms with van der Waals surface area (Å²) >= 11 is 0. The molecule has 14 heavy (non-hydrogen) atoms. The lowest BCUT2D eigenvalue weighted by atomic mass is 9.80. The van der Waals surface area contributed by atoms with E-state index in [1.807, 2.05) is 0 Å². The van der Waals surface area contributed by atoms with Crippen LogP contribution in [0.1, 0.15) is 33.1 Å². The largest absolute Gasteiger partial charge is 0.313 e. The van der Waals surface area contributed by atoms with Crippen molar-refractivity contribution in [1.29, 1.82) is 0 Å². The topological polar surface area (TPSA) is 29.1 Å². The number of hydrogen-bond acceptors (Lipinski definition) is 2. The highest BCUT2D eigenvalue weighted by Crippen LogP contribution is 2.28. The lowest BCUT2D eigenvalue weighted by molar-refractivity contribution is 0.242. The molecule has 1 N–H and O–H groups in total. The van der Waals surface area contributed by atoms with Gasteiger partial charge in [-0.1, -0.05) is 13.8 Å². The summed E-state index contributed by atoms with van der Waals surface area (Å²) in [5, 5.41) is 3.52. The van der Waals surface area contributed by atoms with Gasteiger partial charge in [-0.05, 0) is 31.1 Å². The first-order valence-electron chi connectivity index (χ1n) is 5.61. The number of rotatable bonds is 4. The molecule has 1 rings (SSSR count). The summed E-state index contributed by atoms with van der Waals surface area (Å²) in [5.41, 5.74) is 0. The minimum absolute atomic E-state index is 0.650. The summed E-state index contributed by atoms with van der Waals surface area (Å²) in [6.07, 6.45) is 5.73. The molecule has 3 heteroatoms. The molecular formula is C11H23NOS. The Labute approximate surface area is 90.3 Å². The Hall–Kier alpha value is 0.110. The van der Waals surface area contributed by atoms with Crippen molar-refractivity contribution in [3.8, 4) is 0 Å². The zero-order chi connectivity index (χ0) is 10.6. The first-order valence-corrected chi connectivity index (χ1v) is 7.34. The molecule has 3 atom stereocenters. The van der Waals surface area contributed by atoms with Gasteiger partial charge in [0, 0.05) is 35.4 Å².